The number of rotatable bonds is 5. The molecule has 0 saturated heterocycles. The van der Waals surface area contributed by atoms with Gasteiger partial charge in [0.15, 0.2) is 0 Å². The van der Waals surface area contributed by atoms with E-state index in [0.29, 0.717) is 12.2 Å². The van der Waals surface area contributed by atoms with Crippen LogP contribution in [0.2, 0.25) is 0 Å². The zero-order valence-electron chi connectivity index (χ0n) is 16.0. The number of hydrogen-bond donors (Lipinski definition) is 1. The van der Waals surface area contributed by atoms with Crippen LogP contribution in [0.5, 0.6) is 0 Å². The van der Waals surface area contributed by atoms with Gasteiger partial charge in [0.25, 0.3) is 5.91 Å². The van der Waals surface area contributed by atoms with Crippen molar-refractivity contribution in [3.63, 3.8) is 0 Å². The van der Waals surface area contributed by atoms with Gasteiger partial charge < -0.3 is 14.6 Å². The molecule has 0 fully saturated rings. The molecule has 0 aliphatic heterocycles. The van der Waals surface area contributed by atoms with Gasteiger partial charge in [0.2, 0.25) is 0 Å². The number of nitrogens with one attached hydrogen (secondary N) is 1. The van der Waals surface area contributed by atoms with Crippen molar-refractivity contribution in [3.05, 3.63) is 90.4 Å². The Kier molecular flexibility index (Phi) is 4.81. The minimum Gasteiger partial charge on any atom is -0.378 e. The quantitative estimate of drug-likeness (QED) is 0.578. The molecule has 1 N–H and O–H groups in total. The molecule has 0 bridgehead atoms. The maximum atomic E-state index is 12.5. The number of amides is 1. The zero-order valence-corrected chi connectivity index (χ0v) is 16.0. The van der Waals surface area contributed by atoms with E-state index in [1.807, 2.05) is 67.2 Å². The summed E-state index contributed by atoms with van der Waals surface area (Å²) in [6, 6.07) is 22.2. The number of pyridine rings is 1. The molecule has 140 valence electrons. The highest BCUT2D eigenvalue weighted by molar-refractivity contribution is 5.92. The summed E-state index contributed by atoms with van der Waals surface area (Å²) in [6.07, 6.45) is 3.77. The Balaban J connectivity index is 1.53. The number of benzene rings is 2. The topological polar surface area (TPSA) is 49.6 Å². The van der Waals surface area contributed by atoms with Gasteiger partial charge in [-0.15, -0.1) is 0 Å². The Labute approximate surface area is 164 Å². The van der Waals surface area contributed by atoms with Crippen LogP contribution in [0.4, 0.5) is 5.69 Å². The van der Waals surface area contributed by atoms with Gasteiger partial charge >= 0.3 is 0 Å². The van der Waals surface area contributed by atoms with Crippen molar-refractivity contribution in [2.24, 2.45) is 0 Å². The molecule has 2 heterocycles. The molecular formula is C23H22N4O. The molecule has 0 aliphatic carbocycles. The first-order valence-corrected chi connectivity index (χ1v) is 9.19. The van der Waals surface area contributed by atoms with Gasteiger partial charge in [-0.25, -0.2) is 4.98 Å². The van der Waals surface area contributed by atoms with Crippen LogP contribution in [0.25, 0.3) is 16.8 Å². The Morgan fingerprint density at radius 1 is 0.929 bits per heavy atom. The molecule has 0 saturated carbocycles. The van der Waals surface area contributed by atoms with Crippen LogP contribution in [-0.4, -0.2) is 29.4 Å². The molecule has 0 radical (unpaired) electrons. The maximum Gasteiger partial charge on any atom is 0.271 e. The molecule has 1 amide bonds. The molecule has 0 unspecified atom stereocenters. The Bertz CT molecular complexity index is 1100. The highest BCUT2D eigenvalue weighted by atomic mass is 16.1. The molecular weight excluding hydrogens is 348 g/mol. The summed E-state index contributed by atoms with van der Waals surface area (Å²) >= 11 is 0. The number of anilines is 1. The standard InChI is InChI=1S/C23H22N4O/c1-26(2)20-11-8-18(9-12-20)19-10-13-22-25-21(16-27(22)15-19)23(28)24-14-17-6-4-3-5-7-17/h3-13,15-16H,14H2,1-2H3,(H,24,28). The van der Waals surface area contributed by atoms with E-state index in [0.717, 1.165) is 28.0 Å². The Morgan fingerprint density at radius 3 is 2.36 bits per heavy atom. The minimum absolute atomic E-state index is 0.176. The second kappa shape index (κ2) is 7.56. The van der Waals surface area contributed by atoms with Crippen LogP contribution in [0.15, 0.2) is 79.1 Å². The number of hydrogen-bond acceptors (Lipinski definition) is 3. The molecule has 5 nitrogen and oxygen atoms in total. The summed E-state index contributed by atoms with van der Waals surface area (Å²) in [6.45, 7) is 0.483. The zero-order chi connectivity index (χ0) is 19.5. The monoisotopic (exact) mass is 370 g/mol. The minimum atomic E-state index is -0.176. The van der Waals surface area contributed by atoms with Crippen molar-refractivity contribution < 1.29 is 4.79 Å². The van der Waals surface area contributed by atoms with Crippen LogP contribution in [-0.2, 0) is 6.54 Å². The first-order chi connectivity index (χ1) is 13.6. The highest BCUT2D eigenvalue weighted by Gasteiger charge is 2.11. The van der Waals surface area contributed by atoms with Gasteiger partial charge in [0.05, 0.1) is 0 Å². The molecule has 0 aliphatic rings. The lowest BCUT2D eigenvalue weighted by molar-refractivity contribution is 0.0946. The lowest BCUT2D eigenvalue weighted by atomic mass is 10.1. The first kappa shape index (κ1) is 17.8. The number of carbonyl (C=O) groups excluding carboxylic acids is 1. The predicted molar refractivity (Wildman–Crippen MR) is 113 cm³/mol. The van der Waals surface area contributed by atoms with Crippen molar-refractivity contribution in [1.82, 2.24) is 14.7 Å². The summed E-state index contributed by atoms with van der Waals surface area (Å²) in [5, 5.41) is 2.92. The number of imidazole rings is 1. The first-order valence-electron chi connectivity index (χ1n) is 9.19. The summed E-state index contributed by atoms with van der Waals surface area (Å²) in [5.41, 5.74) is 5.57. The van der Waals surface area contributed by atoms with E-state index >= 15 is 0 Å². The Hall–Kier alpha value is -3.60. The van der Waals surface area contributed by atoms with Gasteiger partial charge in [-0.2, -0.15) is 0 Å². The molecule has 2 aromatic carbocycles. The smallest absolute Gasteiger partial charge is 0.271 e. The summed E-state index contributed by atoms with van der Waals surface area (Å²) in [4.78, 5) is 19.0. The van der Waals surface area contributed by atoms with Crippen molar-refractivity contribution in [2.75, 3.05) is 19.0 Å². The van der Waals surface area contributed by atoms with Crippen molar-refractivity contribution >= 4 is 17.2 Å². The number of carbonyl (C=O) groups is 1. The van der Waals surface area contributed by atoms with E-state index in [4.69, 9.17) is 0 Å². The molecule has 2 aromatic heterocycles. The van der Waals surface area contributed by atoms with Crippen molar-refractivity contribution in [3.8, 4) is 11.1 Å². The van der Waals surface area contributed by atoms with Gasteiger partial charge in [-0.3, -0.25) is 4.79 Å². The van der Waals surface area contributed by atoms with E-state index in [1.54, 1.807) is 6.20 Å². The van der Waals surface area contributed by atoms with Crippen molar-refractivity contribution in [2.45, 2.75) is 6.54 Å². The third-order valence-electron chi connectivity index (χ3n) is 4.70. The van der Waals surface area contributed by atoms with Crippen molar-refractivity contribution in [1.29, 1.82) is 0 Å². The van der Waals surface area contributed by atoms with Gasteiger partial charge in [-0.1, -0.05) is 42.5 Å². The number of nitrogens with zero attached hydrogens (tertiary/aromatic N) is 3. The Morgan fingerprint density at radius 2 is 1.64 bits per heavy atom. The van der Waals surface area contributed by atoms with Crippen LogP contribution >= 0.6 is 0 Å². The summed E-state index contributed by atoms with van der Waals surface area (Å²) < 4.78 is 1.90. The van der Waals surface area contributed by atoms with E-state index in [-0.39, 0.29) is 5.91 Å². The fourth-order valence-electron chi connectivity index (χ4n) is 3.09. The molecule has 0 atom stereocenters. The SMILES string of the molecule is CN(C)c1ccc(-c2ccc3nc(C(=O)NCc4ccccc4)cn3c2)cc1. The van der Waals surface area contributed by atoms with Crippen LogP contribution in [0, 0.1) is 0 Å². The molecule has 4 rings (SSSR count). The van der Waals surface area contributed by atoms with Crippen LogP contribution in [0.1, 0.15) is 16.1 Å². The van der Waals surface area contributed by atoms with Crippen LogP contribution in [0.3, 0.4) is 0 Å². The predicted octanol–water partition coefficient (Wildman–Crippen LogP) is 4.00. The average molecular weight is 370 g/mol. The van der Waals surface area contributed by atoms with Gasteiger partial charge in [0.1, 0.15) is 11.3 Å². The van der Waals surface area contributed by atoms with E-state index in [2.05, 4.69) is 39.5 Å². The van der Waals surface area contributed by atoms with E-state index in [1.165, 1.54) is 0 Å². The van der Waals surface area contributed by atoms with Crippen LogP contribution < -0.4 is 10.2 Å². The molecule has 4 aromatic rings. The normalized spacial score (nSPS) is 10.8. The summed E-state index contributed by atoms with van der Waals surface area (Å²) in [5.74, 6) is -0.176. The second-order valence-electron chi connectivity index (χ2n) is 6.92. The fourth-order valence-corrected chi connectivity index (χ4v) is 3.09. The van der Waals surface area contributed by atoms with Gasteiger partial charge in [-0.05, 0) is 41.0 Å². The summed E-state index contributed by atoms with van der Waals surface area (Å²) in [7, 11) is 4.05. The lowest BCUT2D eigenvalue weighted by Crippen LogP contribution is -2.23. The second-order valence-corrected chi connectivity index (χ2v) is 6.92. The molecule has 5 heteroatoms. The highest BCUT2D eigenvalue weighted by Crippen LogP contribution is 2.23. The van der Waals surface area contributed by atoms with E-state index in [9.17, 15) is 4.79 Å². The molecule has 0 spiro atoms. The maximum absolute atomic E-state index is 12.5. The van der Waals surface area contributed by atoms with E-state index < -0.39 is 0 Å². The third kappa shape index (κ3) is 3.74. The molecule has 28 heavy (non-hydrogen) atoms. The lowest BCUT2D eigenvalue weighted by Gasteiger charge is -2.12. The largest absolute Gasteiger partial charge is 0.378 e. The number of aromatic nitrogens is 2. The fraction of sp³-hybridized carbons (Fsp3) is 0.130. The third-order valence-corrected chi connectivity index (χ3v) is 4.70. The van der Waals surface area contributed by atoms with Gasteiger partial charge in [0, 0.05) is 38.7 Å². The number of fused-ring (bicyclic) bond motifs is 1. The average Bonchev–Trinajstić information content (AvgIpc) is 3.16.